The zero-order valence-electron chi connectivity index (χ0n) is 10.3. The Morgan fingerprint density at radius 2 is 1.94 bits per heavy atom. The predicted octanol–water partition coefficient (Wildman–Crippen LogP) is 0.661. The third-order valence-electron chi connectivity index (χ3n) is 2.20. The largest absolute Gasteiger partial charge is 0.480 e. The fourth-order valence-electron chi connectivity index (χ4n) is 1.26. The number of carboxylic acid groups (broad SMARTS) is 1. The third kappa shape index (κ3) is 4.71. The lowest BCUT2D eigenvalue weighted by molar-refractivity contribution is -0.136. The molecule has 0 saturated heterocycles. The van der Waals surface area contributed by atoms with E-state index in [0.717, 1.165) is 11.2 Å². The van der Waals surface area contributed by atoms with Gasteiger partial charge in [-0.1, -0.05) is 13.8 Å². The van der Waals surface area contributed by atoms with Crippen LogP contribution < -0.4 is 0 Å². The monoisotopic (exact) mass is 262 g/mol. The highest BCUT2D eigenvalue weighted by molar-refractivity contribution is 7.90. The summed E-state index contributed by atoms with van der Waals surface area (Å²) in [6.45, 7) is 5.06. The number of hydrogen-bond acceptors (Lipinski definition) is 4. The van der Waals surface area contributed by atoms with Crippen LogP contribution in [-0.2, 0) is 14.8 Å². The van der Waals surface area contributed by atoms with Gasteiger partial charge in [0.25, 0.3) is 0 Å². The Bertz CT molecular complexity index is 397. The van der Waals surface area contributed by atoms with E-state index in [-0.39, 0.29) is 25.4 Å². The summed E-state index contributed by atoms with van der Waals surface area (Å²) in [4.78, 5) is 10.7. The molecule has 0 saturated carbocycles. The molecule has 0 spiro atoms. The highest BCUT2D eigenvalue weighted by Crippen LogP contribution is 2.12. The van der Waals surface area contributed by atoms with Crippen molar-refractivity contribution in [3.63, 3.8) is 0 Å². The van der Waals surface area contributed by atoms with E-state index >= 15 is 0 Å². The number of hydrogen-bond donors (Lipinski definition) is 1. The molecular weight excluding hydrogens is 244 g/mol. The highest BCUT2D eigenvalue weighted by Gasteiger charge is 2.33. The molecule has 0 aliphatic carbocycles. The number of rotatable bonds is 7. The van der Waals surface area contributed by atoms with E-state index < -0.39 is 21.2 Å². The van der Waals surface area contributed by atoms with Gasteiger partial charge in [0.15, 0.2) is 5.25 Å². The van der Waals surface area contributed by atoms with Crippen molar-refractivity contribution in [2.75, 3.05) is 13.1 Å². The van der Waals surface area contributed by atoms with Gasteiger partial charge in [-0.2, -0.15) is 9.57 Å². The second-order valence-electron chi connectivity index (χ2n) is 4.19. The van der Waals surface area contributed by atoms with Gasteiger partial charge in [0, 0.05) is 19.5 Å². The molecule has 0 aliphatic heterocycles. The van der Waals surface area contributed by atoms with Gasteiger partial charge in [-0.15, -0.1) is 0 Å². The summed E-state index contributed by atoms with van der Waals surface area (Å²) in [6, 6.07) is 1.86. The van der Waals surface area contributed by atoms with Crippen LogP contribution in [0.25, 0.3) is 0 Å². The molecule has 0 heterocycles. The number of carboxylic acids is 1. The summed E-state index contributed by atoms with van der Waals surface area (Å²) >= 11 is 0. The third-order valence-corrected chi connectivity index (χ3v) is 4.34. The van der Waals surface area contributed by atoms with E-state index in [1.807, 2.05) is 19.9 Å². The van der Waals surface area contributed by atoms with Gasteiger partial charge < -0.3 is 5.11 Å². The lowest BCUT2D eigenvalue weighted by Gasteiger charge is -2.24. The molecule has 0 amide bonds. The van der Waals surface area contributed by atoms with E-state index in [9.17, 15) is 13.2 Å². The summed E-state index contributed by atoms with van der Waals surface area (Å²) in [6.07, 6.45) is 0.0539. The molecule has 0 fully saturated rings. The number of nitriles is 1. The number of nitrogens with zero attached hydrogens (tertiary/aromatic N) is 2. The van der Waals surface area contributed by atoms with Crippen LogP contribution in [0.3, 0.4) is 0 Å². The molecular formula is C10H18N2O4S. The zero-order chi connectivity index (χ0) is 13.6. The SMILES string of the molecule is CC(C)CN(CCC#N)S(=O)(=O)C(C)C(=O)O. The van der Waals surface area contributed by atoms with Crippen LogP contribution in [0.2, 0.25) is 0 Å². The summed E-state index contributed by atoms with van der Waals surface area (Å²) in [7, 11) is -3.88. The van der Waals surface area contributed by atoms with Crippen molar-refractivity contribution in [1.82, 2.24) is 4.31 Å². The van der Waals surface area contributed by atoms with Crippen molar-refractivity contribution < 1.29 is 18.3 Å². The molecule has 0 aromatic heterocycles. The van der Waals surface area contributed by atoms with E-state index in [0.29, 0.717) is 0 Å². The van der Waals surface area contributed by atoms with Gasteiger partial charge in [-0.25, -0.2) is 8.42 Å². The molecule has 0 bridgehead atoms. The summed E-state index contributed by atoms with van der Waals surface area (Å²) < 4.78 is 25.0. The Hall–Kier alpha value is -1.13. The normalized spacial score (nSPS) is 13.6. The van der Waals surface area contributed by atoms with Crippen molar-refractivity contribution in [2.45, 2.75) is 32.4 Å². The molecule has 7 heteroatoms. The van der Waals surface area contributed by atoms with Crippen molar-refractivity contribution in [2.24, 2.45) is 5.92 Å². The van der Waals surface area contributed by atoms with Crippen LogP contribution in [-0.4, -0.2) is 42.1 Å². The van der Waals surface area contributed by atoms with Crippen molar-refractivity contribution in [1.29, 1.82) is 5.26 Å². The fourth-order valence-corrected chi connectivity index (χ4v) is 2.81. The Labute approximate surface area is 102 Å². The van der Waals surface area contributed by atoms with Crippen LogP contribution in [0.5, 0.6) is 0 Å². The van der Waals surface area contributed by atoms with Crippen LogP contribution >= 0.6 is 0 Å². The predicted molar refractivity (Wildman–Crippen MR) is 62.7 cm³/mol. The van der Waals surface area contributed by atoms with Crippen molar-refractivity contribution in [3.8, 4) is 6.07 Å². The lowest BCUT2D eigenvalue weighted by atomic mass is 10.2. The van der Waals surface area contributed by atoms with Gasteiger partial charge >= 0.3 is 5.97 Å². The first-order valence-corrected chi connectivity index (χ1v) is 6.82. The van der Waals surface area contributed by atoms with E-state index in [4.69, 9.17) is 10.4 Å². The smallest absolute Gasteiger partial charge is 0.323 e. The van der Waals surface area contributed by atoms with Crippen molar-refractivity contribution >= 4 is 16.0 Å². The number of sulfonamides is 1. The molecule has 17 heavy (non-hydrogen) atoms. The van der Waals surface area contributed by atoms with Gasteiger partial charge in [0.05, 0.1) is 6.07 Å². The molecule has 6 nitrogen and oxygen atoms in total. The van der Waals surface area contributed by atoms with Gasteiger partial charge in [-0.05, 0) is 12.8 Å². The molecule has 1 N–H and O–H groups in total. The Morgan fingerprint density at radius 3 is 2.29 bits per heavy atom. The summed E-state index contributed by atoms with van der Waals surface area (Å²) in [5.74, 6) is -1.31. The molecule has 0 aromatic carbocycles. The van der Waals surface area contributed by atoms with Gasteiger partial charge in [-0.3, -0.25) is 4.79 Å². The van der Waals surface area contributed by atoms with Crippen LogP contribution in [0.1, 0.15) is 27.2 Å². The van der Waals surface area contributed by atoms with Crippen LogP contribution in [0.15, 0.2) is 0 Å². The minimum absolute atomic E-state index is 0.0363. The second kappa shape index (κ2) is 6.57. The zero-order valence-corrected chi connectivity index (χ0v) is 11.1. The molecule has 0 radical (unpaired) electrons. The maximum atomic E-state index is 11.9. The number of aliphatic carboxylic acids is 1. The first-order valence-electron chi connectivity index (χ1n) is 5.32. The van der Waals surface area contributed by atoms with Crippen molar-refractivity contribution in [3.05, 3.63) is 0 Å². The van der Waals surface area contributed by atoms with Gasteiger partial charge in [0.2, 0.25) is 10.0 Å². The molecule has 98 valence electrons. The Balaban J connectivity index is 5.02. The minimum atomic E-state index is -3.88. The van der Waals surface area contributed by atoms with Gasteiger partial charge in [0.1, 0.15) is 0 Å². The topological polar surface area (TPSA) is 98.5 Å². The van der Waals surface area contributed by atoms with Crippen LogP contribution in [0, 0.1) is 17.2 Å². The molecule has 0 aliphatic rings. The maximum absolute atomic E-state index is 11.9. The Morgan fingerprint density at radius 1 is 1.41 bits per heavy atom. The Kier molecular flexibility index (Phi) is 6.13. The minimum Gasteiger partial charge on any atom is -0.480 e. The van der Waals surface area contributed by atoms with E-state index in [1.54, 1.807) is 0 Å². The molecule has 1 atom stereocenters. The fraction of sp³-hybridized carbons (Fsp3) is 0.800. The second-order valence-corrected chi connectivity index (χ2v) is 6.44. The quantitative estimate of drug-likeness (QED) is 0.726. The molecule has 1 unspecified atom stereocenters. The summed E-state index contributed by atoms with van der Waals surface area (Å²) in [5, 5.41) is 15.7. The van der Waals surface area contributed by atoms with E-state index in [2.05, 4.69) is 0 Å². The first kappa shape index (κ1) is 15.9. The first-order chi connectivity index (χ1) is 7.73. The standard InChI is InChI=1S/C10H18N2O4S/c1-8(2)7-12(6-4-5-11)17(15,16)9(3)10(13)14/h8-9H,4,6-7H2,1-3H3,(H,13,14). The average molecular weight is 262 g/mol. The number of carbonyl (C=O) groups is 1. The molecule has 0 aromatic rings. The lowest BCUT2D eigenvalue weighted by Crippen LogP contribution is -2.43. The van der Waals surface area contributed by atoms with Crippen LogP contribution in [0.4, 0.5) is 0 Å². The molecule has 0 rings (SSSR count). The summed E-state index contributed by atoms with van der Waals surface area (Å²) in [5.41, 5.74) is 0. The maximum Gasteiger partial charge on any atom is 0.323 e. The highest BCUT2D eigenvalue weighted by atomic mass is 32.2. The van der Waals surface area contributed by atoms with E-state index in [1.165, 1.54) is 0 Å². The average Bonchev–Trinajstić information content (AvgIpc) is 2.22.